The van der Waals surface area contributed by atoms with Gasteiger partial charge in [0.2, 0.25) is 0 Å². The van der Waals surface area contributed by atoms with E-state index in [1.165, 1.54) is 0 Å². The smallest absolute Gasteiger partial charge is 0.341 e. The number of benzene rings is 1. The van der Waals surface area contributed by atoms with Gasteiger partial charge in [-0.15, -0.1) is 0 Å². The number of carbonyl (C=O) groups is 2. The summed E-state index contributed by atoms with van der Waals surface area (Å²) in [6.45, 7) is 6.74. The molecule has 8 heteroatoms. The second-order valence-electron chi connectivity index (χ2n) is 8.56. The number of carboxylic acid groups (broad SMARTS) is 1. The summed E-state index contributed by atoms with van der Waals surface area (Å²) in [4.78, 5) is 26.9. The molecular formula is C24H35N3O5. The van der Waals surface area contributed by atoms with Gasteiger partial charge < -0.3 is 29.4 Å². The number of ether oxygens (including phenoxy) is 2. The van der Waals surface area contributed by atoms with Crippen molar-refractivity contribution in [1.82, 2.24) is 14.8 Å². The molecule has 0 spiro atoms. The molecule has 2 aromatic rings. The van der Waals surface area contributed by atoms with Crippen LogP contribution in [0.2, 0.25) is 0 Å². The number of methoxy groups -OCH3 is 1. The lowest BCUT2D eigenvalue weighted by atomic mass is 10.0. The van der Waals surface area contributed by atoms with E-state index in [2.05, 4.69) is 19.2 Å². The Bertz CT molecular complexity index is 918. The molecule has 1 aromatic heterocycles. The summed E-state index contributed by atoms with van der Waals surface area (Å²) in [6.07, 6.45) is 3.73. The second-order valence-corrected chi connectivity index (χ2v) is 8.56. The van der Waals surface area contributed by atoms with Gasteiger partial charge in [-0.05, 0) is 58.2 Å². The number of hydrogen-bond acceptors (Lipinski definition) is 5. The predicted octanol–water partition coefficient (Wildman–Crippen LogP) is 3.13. The number of hydrogen-bond donors (Lipinski definition) is 2. The molecule has 1 atom stereocenters. The van der Waals surface area contributed by atoms with Gasteiger partial charge in [0, 0.05) is 44.3 Å². The van der Waals surface area contributed by atoms with E-state index in [-0.39, 0.29) is 18.0 Å². The van der Waals surface area contributed by atoms with Gasteiger partial charge in [0.1, 0.15) is 11.4 Å². The highest BCUT2D eigenvalue weighted by Crippen LogP contribution is 2.31. The molecule has 1 aromatic carbocycles. The third kappa shape index (κ3) is 5.61. The van der Waals surface area contributed by atoms with Gasteiger partial charge in [0.25, 0.3) is 5.91 Å². The van der Waals surface area contributed by atoms with Gasteiger partial charge in [-0.1, -0.05) is 12.1 Å². The van der Waals surface area contributed by atoms with E-state index in [0.29, 0.717) is 24.6 Å². The Hall–Kier alpha value is -2.58. The number of fused-ring (bicyclic) bond motifs is 1. The summed E-state index contributed by atoms with van der Waals surface area (Å²) in [5, 5.41) is 13.4. The largest absolute Gasteiger partial charge is 0.480 e. The van der Waals surface area contributed by atoms with Crippen molar-refractivity contribution in [3.63, 3.8) is 0 Å². The van der Waals surface area contributed by atoms with Crippen molar-refractivity contribution in [3.8, 4) is 5.75 Å². The molecule has 1 aliphatic heterocycles. The lowest BCUT2D eigenvalue weighted by molar-refractivity contribution is -0.139. The zero-order chi connectivity index (χ0) is 23.1. The summed E-state index contributed by atoms with van der Waals surface area (Å²) in [7, 11) is 1.68. The Kier molecular flexibility index (Phi) is 8.53. The molecule has 8 nitrogen and oxygen atoms in total. The number of amides is 1. The first-order chi connectivity index (χ1) is 15.4. The number of para-hydroxylation sites is 1. The average molecular weight is 446 g/mol. The van der Waals surface area contributed by atoms with E-state index < -0.39 is 12.6 Å². The van der Waals surface area contributed by atoms with Gasteiger partial charge in [-0.3, -0.25) is 4.79 Å². The monoisotopic (exact) mass is 445 g/mol. The van der Waals surface area contributed by atoms with E-state index in [9.17, 15) is 9.59 Å². The number of aryl methyl sites for hydroxylation is 1. The van der Waals surface area contributed by atoms with Crippen molar-refractivity contribution in [2.75, 3.05) is 33.4 Å². The maximum atomic E-state index is 13.9. The number of unbranched alkanes of at least 4 members (excludes halogenated alkanes) is 1. The van der Waals surface area contributed by atoms with E-state index in [1.54, 1.807) is 13.2 Å². The van der Waals surface area contributed by atoms with E-state index in [0.717, 1.165) is 49.7 Å². The quantitative estimate of drug-likeness (QED) is 0.516. The number of rotatable bonds is 11. The fourth-order valence-electron chi connectivity index (χ4n) is 4.50. The van der Waals surface area contributed by atoms with Gasteiger partial charge in [-0.25, -0.2) is 4.79 Å². The molecule has 1 amide bonds. The van der Waals surface area contributed by atoms with Crippen LogP contribution < -0.4 is 10.1 Å². The lowest BCUT2D eigenvalue weighted by Gasteiger charge is -2.37. The van der Waals surface area contributed by atoms with Crippen LogP contribution >= 0.6 is 0 Å². The van der Waals surface area contributed by atoms with Crippen molar-refractivity contribution in [3.05, 3.63) is 30.0 Å². The van der Waals surface area contributed by atoms with Gasteiger partial charge in [0.05, 0.1) is 5.52 Å². The molecule has 0 unspecified atom stereocenters. The molecule has 0 saturated carbocycles. The van der Waals surface area contributed by atoms with Crippen LogP contribution in [0.1, 0.15) is 50.0 Å². The fourth-order valence-corrected chi connectivity index (χ4v) is 4.50. The average Bonchev–Trinajstić information content (AvgIpc) is 3.15. The molecule has 2 heterocycles. The summed E-state index contributed by atoms with van der Waals surface area (Å²) in [5.74, 6) is -0.556. The number of carbonyl (C=O) groups excluding carboxylic acids is 1. The maximum Gasteiger partial charge on any atom is 0.341 e. The minimum absolute atomic E-state index is 0.000765. The number of nitrogens with zero attached hydrogens (tertiary/aromatic N) is 2. The van der Waals surface area contributed by atoms with Gasteiger partial charge >= 0.3 is 5.97 Å². The lowest BCUT2D eigenvalue weighted by Crippen LogP contribution is -2.52. The predicted molar refractivity (Wildman–Crippen MR) is 123 cm³/mol. The molecule has 1 saturated heterocycles. The molecular weight excluding hydrogens is 410 g/mol. The molecule has 0 aliphatic carbocycles. The van der Waals surface area contributed by atoms with E-state index in [1.807, 2.05) is 27.7 Å². The van der Waals surface area contributed by atoms with Crippen molar-refractivity contribution in [2.24, 2.45) is 0 Å². The van der Waals surface area contributed by atoms with Crippen molar-refractivity contribution < 1.29 is 24.2 Å². The number of aliphatic carboxylic acids is 1. The Morgan fingerprint density at radius 3 is 2.78 bits per heavy atom. The van der Waals surface area contributed by atoms with Gasteiger partial charge in [-0.2, -0.15) is 0 Å². The number of aromatic nitrogens is 1. The Labute approximate surface area is 189 Å². The van der Waals surface area contributed by atoms with Crippen LogP contribution in [0, 0.1) is 0 Å². The SMILES string of the molecule is COCCCCn1c(C(=O)N(C(C)C)[C@@H]2CCCNC2)cc2cccc(OCC(=O)O)c21. The highest BCUT2D eigenvalue weighted by Gasteiger charge is 2.31. The molecule has 32 heavy (non-hydrogen) atoms. The molecule has 0 radical (unpaired) electrons. The zero-order valence-electron chi connectivity index (χ0n) is 19.3. The minimum atomic E-state index is -1.03. The van der Waals surface area contributed by atoms with E-state index in [4.69, 9.17) is 14.6 Å². The first-order valence-corrected chi connectivity index (χ1v) is 11.4. The van der Waals surface area contributed by atoms with Crippen LogP contribution in [-0.2, 0) is 16.1 Å². The van der Waals surface area contributed by atoms with Gasteiger partial charge in [0.15, 0.2) is 6.61 Å². The third-order valence-electron chi connectivity index (χ3n) is 5.89. The minimum Gasteiger partial charge on any atom is -0.480 e. The fraction of sp³-hybridized carbons (Fsp3) is 0.583. The highest BCUT2D eigenvalue weighted by atomic mass is 16.5. The molecule has 2 N–H and O–H groups in total. The summed E-state index contributed by atoms with van der Waals surface area (Å²) < 4.78 is 12.8. The van der Waals surface area contributed by atoms with Crippen LogP contribution in [-0.4, -0.2) is 71.9 Å². The topological polar surface area (TPSA) is 93.0 Å². The molecule has 1 fully saturated rings. The maximum absolute atomic E-state index is 13.9. The zero-order valence-corrected chi connectivity index (χ0v) is 19.3. The molecule has 3 rings (SSSR count). The van der Waals surface area contributed by atoms with Crippen LogP contribution in [0.15, 0.2) is 24.3 Å². The second kappa shape index (κ2) is 11.3. The van der Waals surface area contributed by atoms with Crippen LogP contribution in [0.4, 0.5) is 0 Å². The summed E-state index contributed by atoms with van der Waals surface area (Å²) in [5.41, 5.74) is 1.38. The Balaban J connectivity index is 2.02. The molecule has 1 aliphatic rings. The summed E-state index contributed by atoms with van der Waals surface area (Å²) >= 11 is 0. The standard InChI is InChI=1S/C24H35N3O5/c1-17(2)27(19-9-7-11-25-15-19)24(30)20-14-18-8-6-10-21(32-16-22(28)29)23(18)26(20)12-4-5-13-31-3/h6,8,10,14,17,19,25H,4-5,7,9,11-13,15-16H2,1-3H3,(H,28,29)/t19-/m1/s1. The number of piperidine rings is 1. The molecule has 0 bridgehead atoms. The van der Waals surface area contributed by atoms with Crippen molar-refractivity contribution >= 4 is 22.8 Å². The Morgan fingerprint density at radius 2 is 2.12 bits per heavy atom. The summed E-state index contributed by atoms with van der Waals surface area (Å²) in [6, 6.07) is 7.65. The first kappa shape index (κ1) is 24.1. The first-order valence-electron chi connectivity index (χ1n) is 11.4. The van der Waals surface area contributed by atoms with Crippen LogP contribution in [0.25, 0.3) is 10.9 Å². The van der Waals surface area contributed by atoms with Crippen molar-refractivity contribution in [1.29, 1.82) is 0 Å². The normalized spacial score (nSPS) is 16.4. The number of nitrogens with one attached hydrogen (secondary N) is 1. The number of carboxylic acids is 1. The highest BCUT2D eigenvalue weighted by molar-refractivity contribution is 6.00. The van der Waals surface area contributed by atoms with Crippen LogP contribution in [0.3, 0.4) is 0 Å². The molecule has 176 valence electrons. The Morgan fingerprint density at radius 1 is 1.31 bits per heavy atom. The van der Waals surface area contributed by atoms with Crippen molar-refractivity contribution in [2.45, 2.75) is 58.2 Å². The van der Waals surface area contributed by atoms with E-state index >= 15 is 0 Å². The third-order valence-corrected chi connectivity index (χ3v) is 5.89. The van der Waals surface area contributed by atoms with Crippen LogP contribution in [0.5, 0.6) is 5.75 Å².